The lowest BCUT2D eigenvalue weighted by Crippen LogP contribution is -2.61. The zero-order chi connectivity index (χ0) is 14.9. The molecule has 0 amide bonds. The summed E-state index contributed by atoms with van der Waals surface area (Å²) in [5, 5.41) is 0. The van der Waals surface area contributed by atoms with Crippen LogP contribution in [-0.4, -0.2) is 73.3 Å². The molecule has 2 unspecified atom stereocenters. The molecule has 2 bridgehead atoms. The molecule has 120 valence electrons. The van der Waals surface area contributed by atoms with E-state index in [1.807, 2.05) is 6.92 Å². The molecule has 5 nitrogen and oxygen atoms in total. The normalized spacial score (nSPS) is 37.6. The summed E-state index contributed by atoms with van der Waals surface area (Å²) in [6.45, 7) is 5.83. The smallest absolute Gasteiger partial charge is 0.307 e. The quantitative estimate of drug-likeness (QED) is 0.731. The van der Waals surface area contributed by atoms with Crippen molar-refractivity contribution in [1.82, 2.24) is 9.80 Å². The van der Waals surface area contributed by atoms with Gasteiger partial charge in [0.15, 0.2) is 0 Å². The Morgan fingerprint density at radius 2 is 1.86 bits per heavy atom. The number of nitrogens with zero attached hydrogens (tertiary/aromatic N) is 2. The largest absolute Gasteiger partial charge is 0.466 e. The number of esters is 1. The second-order valence-corrected chi connectivity index (χ2v) is 6.76. The van der Waals surface area contributed by atoms with Crippen LogP contribution < -0.4 is 0 Å². The minimum atomic E-state index is -0.0343. The maximum atomic E-state index is 12.2. The summed E-state index contributed by atoms with van der Waals surface area (Å²) in [5.74, 6) is -0.0343. The van der Waals surface area contributed by atoms with E-state index < -0.39 is 0 Å². The summed E-state index contributed by atoms with van der Waals surface area (Å²) in [5.41, 5.74) is -0.00558. The number of carbonyl (C=O) groups is 1. The van der Waals surface area contributed by atoms with E-state index >= 15 is 0 Å². The van der Waals surface area contributed by atoms with Crippen LogP contribution in [0.15, 0.2) is 0 Å². The molecule has 0 aliphatic carbocycles. The number of fused-ring (bicyclic) bond motifs is 2. The third kappa shape index (κ3) is 2.96. The van der Waals surface area contributed by atoms with Crippen molar-refractivity contribution in [3.8, 4) is 0 Å². The van der Waals surface area contributed by atoms with E-state index in [0.29, 0.717) is 25.1 Å². The van der Waals surface area contributed by atoms with E-state index in [1.54, 1.807) is 0 Å². The van der Waals surface area contributed by atoms with Crippen LogP contribution in [0.25, 0.3) is 0 Å². The van der Waals surface area contributed by atoms with Crippen LogP contribution in [0.4, 0.5) is 0 Å². The van der Waals surface area contributed by atoms with Gasteiger partial charge in [-0.3, -0.25) is 9.69 Å². The zero-order valence-electron chi connectivity index (χ0n) is 13.3. The SMILES string of the molecule is CCOC(=O)CC1(N2CCOCC2)CC2CCC(C1)N2C. The highest BCUT2D eigenvalue weighted by Gasteiger charge is 2.51. The molecule has 5 heteroatoms. The maximum absolute atomic E-state index is 12.2. The second kappa shape index (κ2) is 6.23. The summed E-state index contributed by atoms with van der Waals surface area (Å²) in [7, 11) is 2.25. The van der Waals surface area contributed by atoms with Gasteiger partial charge in [0, 0.05) is 30.7 Å². The third-order valence-corrected chi connectivity index (χ3v) is 5.68. The first-order chi connectivity index (χ1) is 10.1. The van der Waals surface area contributed by atoms with Gasteiger partial charge >= 0.3 is 5.97 Å². The van der Waals surface area contributed by atoms with Crippen LogP contribution in [0.2, 0.25) is 0 Å². The van der Waals surface area contributed by atoms with Crippen LogP contribution in [0.1, 0.15) is 39.0 Å². The molecule has 3 aliphatic heterocycles. The molecule has 0 spiro atoms. The van der Waals surface area contributed by atoms with Gasteiger partial charge in [-0.2, -0.15) is 0 Å². The molecule has 0 saturated carbocycles. The van der Waals surface area contributed by atoms with E-state index in [0.717, 1.165) is 39.1 Å². The summed E-state index contributed by atoms with van der Waals surface area (Å²) in [6, 6.07) is 1.25. The van der Waals surface area contributed by atoms with Crippen molar-refractivity contribution in [2.24, 2.45) is 0 Å². The molecule has 3 saturated heterocycles. The number of carbonyl (C=O) groups excluding carboxylic acids is 1. The molecule has 0 aromatic rings. The number of hydrogen-bond acceptors (Lipinski definition) is 5. The van der Waals surface area contributed by atoms with Gasteiger partial charge in [-0.1, -0.05) is 0 Å². The van der Waals surface area contributed by atoms with Crippen LogP contribution in [0.3, 0.4) is 0 Å². The van der Waals surface area contributed by atoms with Gasteiger partial charge in [-0.15, -0.1) is 0 Å². The predicted molar refractivity (Wildman–Crippen MR) is 80.2 cm³/mol. The number of rotatable bonds is 4. The minimum Gasteiger partial charge on any atom is -0.466 e. The standard InChI is InChI=1S/C16H28N2O3/c1-3-21-15(19)12-16(18-6-8-20-9-7-18)10-13-4-5-14(11-16)17(13)2/h13-14H,3-12H2,1-2H3. The van der Waals surface area contributed by atoms with Crippen LogP contribution in [0.5, 0.6) is 0 Å². The Balaban J connectivity index is 1.79. The van der Waals surface area contributed by atoms with Crippen molar-refractivity contribution < 1.29 is 14.3 Å². The van der Waals surface area contributed by atoms with E-state index in [2.05, 4.69) is 16.8 Å². The van der Waals surface area contributed by atoms with Crippen molar-refractivity contribution in [3.63, 3.8) is 0 Å². The van der Waals surface area contributed by atoms with Gasteiger partial charge in [-0.05, 0) is 39.7 Å². The first-order valence-corrected chi connectivity index (χ1v) is 8.35. The van der Waals surface area contributed by atoms with Crippen LogP contribution in [-0.2, 0) is 14.3 Å². The Morgan fingerprint density at radius 3 is 2.43 bits per heavy atom. The summed E-state index contributed by atoms with van der Waals surface area (Å²) in [4.78, 5) is 17.2. The lowest BCUT2D eigenvalue weighted by Gasteiger charge is -2.52. The molecule has 3 aliphatic rings. The molecule has 21 heavy (non-hydrogen) atoms. The first kappa shape index (κ1) is 15.3. The molecule has 3 rings (SSSR count). The van der Waals surface area contributed by atoms with Crippen molar-refractivity contribution in [2.45, 2.75) is 56.7 Å². The fraction of sp³-hybridized carbons (Fsp3) is 0.938. The Kier molecular flexibility index (Phi) is 4.52. The summed E-state index contributed by atoms with van der Waals surface area (Å²) < 4.78 is 10.8. The van der Waals surface area contributed by atoms with Crippen LogP contribution in [0, 0.1) is 0 Å². The summed E-state index contributed by atoms with van der Waals surface area (Å²) in [6.07, 6.45) is 5.28. The van der Waals surface area contributed by atoms with Crippen molar-refractivity contribution in [2.75, 3.05) is 40.0 Å². The first-order valence-electron chi connectivity index (χ1n) is 8.35. The molecular formula is C16H28N2O3. The van der Waals surface area contributed by atoms with E-state index in [9.17, 15) is 4.79 Å². The van der Waals surface area contributed by atoms with E-state index in [4.69, 9.17) is 9.47 Å². The third-order valence-electron chi connectivity index (χ3n) is 5.68. The zero-order valence-corrected chi connectivity index (χ0v) is 13.3. The molecule has 0 radical (unpaired) electrons. The van der Waals surface area contributed by atoms with Gasteiger partial charge in [0.05, 0.1) is 26.2 Å². The number of piperidine rings is 1. The molecule has 2 atom stereocenters. The number of ether oxygens (including phenoxy) is 2. The topological polar surface area (TPSA) is 42.0 Å². The van der Waals surface area contributed by atoms with Gasteiger partial charge in [0.2, 0.25) is 0 Å². The highest BCUT2D eigenvalue weighted by Crippen LogP contribution is 2.44. The maximum Gasteiger partial charge on any atom is 0.307 e. The number of hydrogen-bond donors (Lipinski definition) is 0. The van der Waals surface area contributed by atoms with Gasteiger partial charge in [-0.25, -0.2) is 0 Å². The van der Waals surface area contributed by atoms with Crippen LogP contribution >= 0.6 is 0 Å². The average molecular weight is 296 g/mol. The van der Waals surface area contributed by atoms with E-state index in [-0.39, 0.29) is 11.5 Å². The molecule has 3 heterocycles. The lowest BCUT2D eigenvalue weighted by atomic mass is 9.78. The fourth-order valence-electron chi connectivity index (χ4n) is 4.58. The monoisotopic (exact) mass is 296 g/mol. The van der Waals surface area contributed by atoms with Gasteiger partial charge < -0.3 is 14.4 Å². The van der Waals surface area contributed by atoms with Gasteiger partial charge in [0.1, 0.15) is 0 Å². The second-order valence-electron chi connectivity index (χ2n) is 6.76. The Hall–Kier alpha value is -0.650. The number of morpholine rings is 1. The van der Waals surface area contributed by atoms with Gasteiger partial charge in [0.25, 0.3) is 0 Å². The minimum absolute atomic E-state index is 0.00558. The molecule has 0 aromatic heterocycles. The highest BCUT2D eigenvalue weighted by molar-refractivity contribution is 5.71. The highest BCUT2D eigenvalue weighted by atomic mass is 16.5. The molecule has 0 aromatic carbocycles. The predicted octanol–water partition coefficient (Wildman–Crippen LogP) is 1.27. The molecule has 3 fully saturated rings. The Labute approximate surface area is 127 Å². The lowest BCUT2D eigenvalue weighted by molar-refractivity contribution is -0.150. The fourth-order valence-corrected chi connectivity index (χ4v) is 4.58. The van der Waals surface area contributed by atoms with Crippen molar-refractivity contribution >= 4 is 5.97 Å². The van der Waals surface area contributed by atoms with E-state index in [1.165, 1.54) is 12.8 Å². The molecular weight excluding hydrogens is 268 g/mol. The molecule has 0 N–H and O–H groups in total. The average Bonchev–Trinajstić information content (AvgIpc) is 2.72. The van der Waals surface area contributed by atoms with Crippen molar-refractivity contribution in [1.29, 1.82) is 0 Å². The van der Waals surface area contributed by atoms with Crippen molar-refractivity contribution in [3.05, 3.63) is 0 Å². The Morgan fingerprint density at radius 1 is 1.24 bits per heavy atom. The Bertz CT molecular complexity index is 368. The summed E-state index contributed by atoms with van der Waals surface area (Å²) >= 11 is 0.